The number of unbranched alkanes of at least 4 members (excludes halogenated alkanes) is 1. The van der Waals surface area contributed by atoms with Gasteiger partial charge in [0.05, 0.1) is 50.0 Å². The summed E-state index contributed by atoms with van der Waals surface area (Å²) in [4.78, 5) is 71.9. The number of aldehydes is 2. The molecule has 120 heavy (non-hydrogen) atoms. The number of rotatable bonds is 32. The van der Waals surface area contributed by atoms with Crippen molar-refractivity contribution in [1.82, 2.24) is 25.3 Å². The molecule has 600 valence electrons. The van der Waals surface area contributed by atoms with Crippen LogP contribution in [0.25, 0.3) is 22.3 Å². The van der Waals surface area contributed by atoms with E-state index in [1.54, 1.807) is 96.4 Å². The predicted molar refractivity (Wildman–Crippen MR) is 451 cm³/mol. The Hall–Kier alpha value is -14.1. The maximum absolute atomic E-state index is 14.3. The van der Waals surface area contributed by atoms with E-state index in [9.17, 15) is 50.4 Å². The van der Waals surface area contributed by atoms with Gasteiger partial charge in [0.2, 0.25) is 0 Å². The van der Waals surface area contributed by atoms with Gasteiger partial charge in [0.1, 0.15) is 98.4 Å². The zero-order valence-corrected chi connectivity index (χ0v) is 67.0. The molecule has 3 N–H and O–H groups in total. The molecule has 0 bridgehead atoms. The van der Waals surface area contributed by atoms with Crippen molar-refractivity contribution in [2.75, 3.05) is 42.6 Å². The zero-order chi connectivity index (χ0) is 84.0. The van der Waals surface area contributed by atoms with Crippen LogP contribution < -0.4 is 43.5 Å². The van der Waals surface area contributed by atoms with Crippen LogP contribution in [0.15, 0.2) is 207 Å². The second-order valence-corrected chi connectivity index (χ2v) is 29.1. The maximum atomic E-state index is 14.3. The number of hydrogen-bond acceptors (Lipinski definition) is 21. The van der Waals surface area contributed by atoms with Crippen LogP contribution in [0.4, 0.5) is 11.4 Å². The molecule has 2 amide bonds. The highest BCUT2D eigenvalue weighted by molar-refractivity contribution is 6.32. The molecule has 25 heteroatoms. The van der Waals surface area contributed by atoms with Gasteiger partial charge >= 0.3 is 0 Å². The second kappa shape index (κ2) is 40.1. The number of ether oxygens (including phenoxy) is 6. The first-order chi connectivity index (χ1) is 58.6. The molecule has 14 rings (SSSR count). The SMILES string of the molecule is Cc1c(COc2cc(OCc3cncc(C#N)c3)c(C=O)cc2Cl)cccc1-c1cccc2c1CCN2C(=O)c1ccc(C=O)c(OCc2cncc(C#N)c2)c1.Cc1c(COc2cc(OCc3cncc(C#N)c3)c(CCCCO)cc2Cl)cccc1-c1cccc2c1CCN2C(=O)c1ccc(CNCCO)c(OCc2cncc(C#N)c2)c1. The average molecular weight is 1640 g/mol. The number of hydrogen-bond donors (Lipinski definition) is 3. The van der Waals surface area contributed by atoms with Gasteiger partial charge in [-0.25, -0.2) is 0 Å². The fraction of sp³-hybridized carbons (Fsp3) is 0.200. The van der Waals surface area contributed by atoms with Crippen LogP contribution in [0.2, 0.25) is 10.0 Å². The number of amides is 2. The van der Waals surface area contributed by atoms with E-state index in [0.29, 0.717) is 143 Å². The normalized spacial score (nSPS) is 11.7. The van der Waals surface area contributed by atoms with Crippen molar-refractivity contribution >= 4 is 59.0 Å². The molecule has 12 aromatic rings. The van der Waals surface area contributed by atoms with Gasteiger partial charge in [-0.1, -0.05) is 89.9 Å². The van der Waals surface area contributed by atoms with Crippen LogP contribution in [0.5, 0.6) is 34.5 Å². The number of anilines is 2. The Morgan fingerprint density at radius 1 is 0.433 bits per heavy atom. The molecule has 8 aromatic carbocycles. The fourth-order valence-electron chi connectivity index (χ4n) is 14.3. The highest BCUT2D eigenvalue weighted by Gasteiger charge is 2.32. The Labute approximate surface area is 703 Å². The topological polar surface area (TPSA) is 329 Å². The lowest BCUT2D eigenvalue weighted by molar-refractivity contribution is 0.0981. The molecule has 0 atom stereocenters. The number of aliphatic hydroxyl groups excluding tert-OH is 2. The summed E-state index contributed by atoms with van der Waals surface area (Å²) < 4.78 is 37.0. The van der Waals surface area contributed by atoms with E-state index in [0.717, 1.165) is 95.7 Å². The number of carbonyl (C=O) groups excluding carboxylic acids is 4. The number of carbonyl (C=O) groups is 4. The summed E-state index contributed by atoms with van der Waals surface area (Å²) in [6.07, 6.45) is 17.1. The minimum Gasteiger partial charge on any atom is -0.488 e. The third-order valence-electron chi connectivity index (χ3n) is 20.5. The summed E-state index contributed by atoms with van der Waals surface area (Å²) in [5, 5.41) is 59.6. The van der Waals surface area contributed by atoms with Gasteiger partial charge in [0, 0.05) is 145 Å². The van der Waals surface area contributed by atoms with Gasteiger partial charge in [0.15, 0.2) is 12.6 Å². The molecule has 0 saturated heterocycles. The summed E-state index contributed by atoms with van der Waals surface area (Å²) in [5.74, 6) is 2.09. The Morgan fingerprint density at radius 3 is 1.30 bits per heavy atom. The summed E-state index contributed by atoms with van der Waals surface area (Å²) >= 11 is 13.3. The van der Waals surface area contributed by atoms with Crippen LogP contribution in [0.3, 0.4) is 0 Å². The minimum atomic E-state index is -0.228. The van der Waals surface area contributed by atoms with Crippen molar-refractivity contribution in [2.45, 2.75) is 92.1 Å². The van der Waals surface area contributed by atoms with E-state index in [4.69, 9.17) is 51.6 Å². The number of aromatic nitrogens is 4. The van der Waals surface area contributed by atoms with E-state index >= 15 is 0 Å². The van der Waals surface area contributed by atoms with E-state index in [1.165, 1.54) is 30.9 Å². The highest BCUT2D eigenvalue weighted by Crippen LogP contribution is 2.43. The third-order valence-corrected chi connectivity index (χ3v) is 21.1. The van der Waals surface area contributed by atoms with Gasteiger partial charge in [-0.2, -0.15) is 21.0 Å². The summed E-state index contributed by atoms with van der Waals surface area (Å²) in [6, 6.07) is 56.0. The smallest absolute Gasteiger partial charge is 0.258 e. The molecule has 23 nitrogen and oxygen atoms in total. The highest BCUT2D eigenvalue weighted by atomic mass is 35.5. The Kier molecular flexibility index (Phi) is 28.0. The molecule has 6 heterocycles. The van der Waals surface area contributed by atoms with Crippen molar-refractivity contribution in [2.24, 2.45) is 0 Å². The first kappa shape index (κ1) is 83.8. The molecule has 4 aromatic heterocycles. The van der Waals surface area contributed by atoms with E-state index in [1.807, 2.05) is 96.8 Å². The average Bonchev–Trinajstić information content (AvgIpc) is 1.62. The van der Waals surface area contributed by atoms with Crippen molar-refractivity contribution in [1.29, 1.82) is 21.0 Å². The Morgan fingerprint density at radius 2 is 0.842 bits per heavy atom. The number of halogens is 2. The van der Waals surface area contributed by atoms with Crippen molar-refractivity contribution in [3.8, 4) is 81.0 Å². The number of nitrogens with zero attached hydrogens (tertiary/aromatic N) is 10. The standard InChI is InChI=1S/C50H47ClN6O6.C45H32ClN5O6/c1-33-41(32-63-49-22-48(38(20-45(49)51)6-2-3-16-58)62-31-37-19-35(24-53)26-56-28-37)7-4-8-42(33)43-9-5-10-46-44(43)13-15-57(46)50(60)39-11-12-40(29-54-14-17-59)47(21-39)61-30-36-18-34(23-52)25-55-27-36;1-28-35(27-57-44-16-43(36(24-53)14-40(44)46)56-26-32-13-30(18-48)20-50-22-32)4-2-5-37(28)38-6-3-7-41-39(38)10-11-51(41)45(54)33-8-9-34(23-52)42(15-33)55-25-31-12-29(17-47)19-49-21-31/h4-5,7-12,18-22,25-28,54,58-59H,2-3,6,13-17,29-32H2,1H3;2-9,12-16,19-24H,10-11,25-27H2,1H3. The quantitative estimate of drug-likeness (QED) is 0.0260. The largest absolute Gasteiger partial charge is 0.488 e. The van der Waals surface area contributed by atoms with Crippen LogP contribution in [-0.2, 0) is 65.4 Å². The van der Waals surface area contributed by atoms with Gasteiger partial charge in [-0.05, 0) is 186 Å². The number of pyridine rings is 4. The van der Waals surface area contributed by atoms with Gasteiger partial charge in [-0.3, -0.25) is 39.1 Å². The number of aryl methyl sites for hydroxylation is 1. The molecular formula is C95H79Cl2N11O12. The van der Waals surface area contributed by atoms with Crippen LogP contribution in [-0.4, -0.2) is 87.4 Å². The first-order valence-corrected chi connectivity index (χ1v) is 39.3. The number of fused-ring (bicyclic) bond motifs is 2. The lowest BCUT2D eigenvalue weighted by atomic mass is 9.92. The zero-order valence-electron chi connectivity index (χ0n) is 65.5. The molecular weight excluding hydrogens is 1560 g/mol. The van der Waals surface area contributed by atoms with Gasteiger partial charge in [0.25, 0.3) is 11.8 Å². The van der Waals surface area contributed by atoms with E-state index in [2.05, 4.69) is 56.4 Å². The molecule has 2 aliphatic heterocycles. The molecule has 0 unspecified atom stereocenters. The summed E-state index contributed by atoms with van der Waals surface area (Å²) in [7, 11) is 0. The lowest BCUT2D eigenvalue weighted by Crippen LogP contribution is -2.29. The minimum absolute atomic E-state index is 0.0112. The predicted octanol–water partition coefficient (Wildman–Crippen LogP) is 16.6. The second-order valence-electron chi connectivity index (χ2n) is 28.3. The molecule has 2 aliphatic rings. The monoisotopic (exact) mass is 1640 g/mol. The molecule has 0 fully saturated rings. The number of benzene rings is 8. The van der Waals surface area contributed by atoms with E-state index < -0.39 is 0 Å². The number of aliphatic hydroxyl groups is 2. The maximum Gasteiger partial charge on any atom is 0.258 e. The van der Waals surface area contributed by atoms with Crippen molar-refractivity contribution in [3.05, 3.63) is 329 Å². The van der Waals surface area contributed by atoms with Gasteiger partial charge < -0.3 is 53.8 Å². The third kappa shape index (κ3) is 20.1. The first-order valence-electron chi connectivity index (χ1n) is 38.5. The molecule has 0 radical (unpaired) electrons. The van der Waals surface area contributed by atoms with Crippen LogP contribution >= 0.6 is 23.2 Å². The fourth-order valence-corrected chi connectivity index (χ4v) is 14.8. The van der Waals surface area contributed by atoms with Crippen LogP contribution in [0, 0.1) is 59.2 Å². The van der Waals surface area contributed by atoms with Crippen molar-refractivity contribution in [3.63, 3.8) is 0 Å². The summed E-state index contributed by atoms with van der Waals surface area (Å²) in [5.41, 5.74) is 19.3. The Bertz CT molecular complexity index is 6030. The van der Waals surface area contributed by atoms with E-state index in [-0.39, 0.29) is 86.8 Å². The number of nitrogens with one attached hydrogen (secondary N) is 1. The molecule has 0 spiro atoms. The van der Waals surface area contributed by atoms with Gasteiger partial charge in [-0.15, -0.1) is 0 Å². The number of nitriles is 4. The van der Waals surface area contributed by atoms with Crippen molar-refractivity contribution < 1.29 is 57.8 Å². The molecule has 0 saturated carbocycles. The van der Waals surface area contributed by atoms with Crippen LogP contribution in [0.1, 0.15) is 143 Å². The Balaban J connectivity index is 0.000000208. The summed E-state index contributed by atoms with van der Waals surface area (Å²) in [6.45, 7) is 6.90. The molecule has 0 aliphatic carbocycles. The lowest BCUT2D eigenvalue weighted by Gasteiger charge is -2.20.